The smallest absolute Gasteiger partial charge is 0.317 e. The van der Waals surface area contributed by atoms with Crippen LogP contribution in [0.4, 0.5) is 5.69 Å². The van der Waals surface area contributed by atoms with Gasteiger partial charge >= 0.3 is 11.9 Å². The van der Waals surface area contributed by atoms with E-state index in [2.05, 4.69) is 9.26 Å². The average molecular weight is 466 g/mol. The summed E-state index contributed by atoms with van der Waals surface area (Å²) in [5.41, 5.74) is 1.83. The summed E-state index contributed by atoms with van der Waals surface area (Å²) in [5.74, 6) is -1.83. The van der Waals surface area contributed by atoms with E-state index in [-0.39, 0.29) is 19.6 Å². The van der Waals surface area contributed by atoms with E-state index in [4.69, 9.17) is 12.4 Å². The van der Waals surface area contributed by atoms with Crippen molar-refractivity contribution in [2.24, 2.45) is 4.36 Å². The molecule has 1 aliphatic rings. The number of benzene rings is 1. The minimum Gasteiger partial charge on any atom is -0.480 e. The Hall–Kier alpha value is -2.31. The molecule has 2 rings (SSSR count). The van der Waals surface area contributed by atoms with Crippen molar-refractivity contribution in [2.45, 2.75) is 6.54 Å². The minimum absolute atomic E-state index is 0.0962. The zero-order chi connectivity index (χ0) is 23.3. The van der Waals surface area contributed by atoms with Gasteiger partial charge < -0.3 is 15.0 Å². The summed E-state index contributed by atoms with van der Waals surface area (Å²) in [7, 11) is 0. The molecule has 0 spiro atoms. The third-order valence-electron chi connectivity index (χ3n) is 5.43. The maximum atomic E-state index is 11.3. The van der Waals surface area contributed by atoms with E-state index in [0.29, 0.717) is 58.9 Å². The van der Waals surface area contributed by atoms with E-state index >= 15 is 0 Å². The number of nitrogens with zero attached hydrogens (tertiary/aromatic N) is 5. The predicted molar refractivity (Wildman–Crippen MR) is 122 cm³/mol. The second-order valence-electron chi connectivity index (χ2n) is 7.84. The summed E-state index contributed by atoms with van der Waals surface area (Å²) < 4.78 is 3.75. The molecule has 11 heteroatoms. The van der Waals surface area contributed by atoms with Crippen molar-refractivity contribution in [1.82, 2.24) is 19.6 Å². The van der Waals surface area contributed by atoms with Gasteiger partial charge in [0.05, 0.1) is 25.3 Å². The second kappa shape index (κ2) is 14.0. The van der Waals surface area contributed by atoms with E-state index in [1.807, 2.05) is 34.1 Å². The zero-order valence-electron chi connectivity index (χ0n) is 18.1. The molecule has 1 saturated heterocycles. The lowest BCUT2D eigenvalue weighted by atomic mass is 10.2. The fourth-order valence-corrected chi connectivity index (χ4v) is 3.77. The van der Waals surface area contributed by atoms with E-state index < -0.39 is 11.9 Å². The molecule has 0 amide bonds. The van der Waals surface area contributed by atoms with E-state index in [1.165, 1.54) is 0 Å². The highest BCUT2D eigenvalue weighted by Crippen LogP contribution is 2.14. The minimum atomic E-state index is -0.926. The Labute approximate surface area is 193 Å². The van der Waals surface area contributed by atoms with Crippen molar-refractivity contribution < 1.29 is 24.6 Å². The molecular formula is C21H31N5O5S. The van der Waals surface area contributed by atoms with Crippen molar-refractivity contribution in [3.63, 3.8) is 0 Å². The predicted octanol–water partition coefficient (Wildman–Crippen LogP) is 0.138. The topological polar surface area (TPSA) is 117 Å². The fraction of sp³-hybridized carbons (Fsp3) is 0.571. The van der Waals surface area contributed by atoms with E-state index in [9.17, 15) is 24.6 Å². The number of rotatable bonds is 9. The summed E-state index contributed by atoms with van der Waals surface area (Å²) in [4.78, 5) is 41.6. The average Bonchev–Trinajstić information content (AvgIpc) is 2.75. The number of aldehydes is 1. The number of carbonyl (C=O) groups excluding carboxylic acids is 1. The maximum absolute atomic E-state index is 11.3. The van der Waals surface area contributed by atoms with Gasteiger partial charge in [-0.1, -0.05) is 12.1 Å². The highest BCUT2D eigenvalue weighted by Gasteiger charge is 2.19. The molecule has 1 aromatic carbocycles. The van der Waals surface area contributed by atoms with Gasteiger partial charge in [0, 0.05) is 71.3 Å². The highest BCUT2D eigenvalue weighted by atomic mass is 32.1. The van der Waals surface area contributed by atoms with Crippen LogP contribution in [-0.4, -0.2) is 120 Å². The second-order valence-corrected chi connectivity index (χ2v) is 8.02. The Morgan fingerprint density at radius 2 is 1.25 bits per heavy atom. The van der Waals surface area contributed by atoms with Gasteiger partial charge in [0.2, 0.25) is 0 Å². The Bertz CT molecular complexity index is 763. The molecule has 1 heterocycles. The standard InChI is InChI=1S/C21H31N5O5S/c27-14-13-23-5-7-24(15-18-1-3-19(22-32)4-2-18)9-10-26(17-21(30)31)12-11-25(8-6-23)16-20(28)29/h1-4,14H,5-13,15-17H2,(H,28,29)(H,30,31). The van der Waals surface area contributed by atoms with Crippen LogP contribution in [0.5, 0.6) is 0 Å². The summed E-state index contributed by atoms with van der Waals surface area (Å²) in [6.07, 6.45) is 0.864. The summed E-state index contributed by atoms with van der Waals surface area (Å²) in [6, 6.07) is 7.68. The number of hydrogen-bond acceptors (Lipinski definition) is 9. The van der Waals surface area contributed by atoms with Gasteiger partial charge in [0.25, 0.3) is 0 Å². The van der Waals surface area contributed by atoms with Gasteiger partial charge in [0.15, 0.2) is 0 Å². The molecule has 1 aliphatic heterocycles. The summed E-state index contributed by atoms with van der Waals surface area (Å²) >= 11 is 4.72. The van der Waals surface area contributed by atoms with Crippen LogP contribution < -0.4 is 0 Å². The zero-order valence-corrected chi connectivity index (χ0v) is 19.0. The lowest BCUT2D eigenvalue weighted by Gasteiger charge is -2.33. The molecule has 0 unspecified atom stereocenters. The molecule has 0 radical (unpaired) electrons. The Morgan fingerprint density at radius 3 is 1.66 bits per heavy atom. The van der Waals surface area contributed by atoms with Crippen molar-refractivity contribution in [2.75, 3.05) is 72.0 Å². The van der Waals surface area contributed by atoms with Gasteiger partial charge in [-0.2, -0.15) is 4.36 Å². The number of carboxylic acids is 2. The first kappa shape index (κ1) is 25.9. The van der Waals surface area contributed by atoms with Crippen molar-refractivity contribution in [3.05, 3.63) is 29.8 Å². The normalized spacial score (nSPS) is 18.4. The molecule has 1 fully saturated rings. The van der Waals surface area contributed by atoms with Crippen LogP contribution in [-0.2, 0) is 33.4 Å². The van der Waals surface area contributed by atoms with Crippen LogP contribution in [0.25, 0.3) is 0 Å². The molecule has 0 aromatic heterocycles. The summed E-state index contributed by atoms with van der Waals surface area (Å²) in [5, 5.41) is 18.5. The first-order valence-corrected chi connectivity index (χ1v) is 10.9. The van der Waals surface area contributed by atoms with E-state index in [0.717, 1.165) is 17.5 Å². The molecule has 176 valence electrons. The molecule has 1 aromatic rings. The van der Waals surface area contributed by atoms with Gasteiger partial charge in [-0.25, -0.2) is 0 Å². The molecule has 32 heavy (non-hydrogen) atoms. The van der Waals surface area contributed by atoms with Crippen molar-refractivity contribution in [1.29, 1.82) is 0 Å². The van der Waals surface area contributed by atoms with E-state index in [1.54, 1.807) is 4.90 Å². The lowest BCUT2D eigenvalue weighted by Crippen LogP contribution is -2.47. The number of carbonyl (C=O) groups is 3. The van der Waals surface area contributed by atoms with Gasteiger partial charge in [0.1, 0.15) is 6.29 Å². The van der Waals surface area contributed by atoms with Crippen molar-refractivity contribution in [3.8, 4) is 0 Å². The van der Waals surface area contributed by atoms with Crippen LogP contribution in [0.15, 0.2) is 28.6 Å². The van der Waals surface area contributed by atoms with Crippen LogP contribution >= 0.6 is 0 Å². The van der Waals surface area contributed by atoms with Gasteiger partial charge in [-0.3, -0.25) is 29.2 Å². The third kappa shape index (κ3) is 9.88. The Balaban J connectivity index is 2.13. The quantitative estimate of drug-likeness (QED) is 0.488. The molecule has 0 atom stereocenters. The van der Waals surface area contributed by atoms with Crippen LogP contribution in [0.2, 0.25) is 0 Å². The molecular weight excluding hydrogens is 434 g/mol. The Kier molecular flexibility index (Phi) is 11.3. The van der Waals surface area contributed by atoms with Crippen LogP contribution in [0.3, 0.4) is 0 Å². The SMILES string of the molecule is O=CCN1CCN(CC(=O)O)CCN(CC(=O)O)CCN(Cc2ccc(N=S)cc2)CC1. The lowest BCUT2D eigenvalue weighted by molar-refractivity contribution is -0.140. The highest BCUT2D eigenvalue weighted by molar-refractivity contribution is 7.47. The summed E-state index contributed by atoms with van der Waals surface area (Å²) in [6.45, 7) is 5.24. The first-order chi connectivity index (χ1) is 15.4. The fourth-order valence-electron chi connectivity index (χ4n) is 3.64. The largest absolute Gasteiger partial charge is 0.480 e. The monoisotopic (exact) mass is 465 g/mol. The third-order valence-corrected chi connectivity index (χ3v) is 5.64. The molecule has 0 bridgehead atoms. The number of carboxylic acid groups (broad SMARTS) is 2. The van der Waals surface area contributed by atoms with Gasteiger partial charge in [-0.15, -0.1) is 0 Å². The number of hydrogen-bond donors (Lipinski definition) is 2. The van der Waals surface area contributed by atoms with Gasteiger partial charge in [-0.05, 0) is 17.7 Å². The Morgan fingerprint density at radius 1 is 0.812 bits per heavy atom. The maximum Gasteiger partial charge on any atom is 0.317 e. The molecule has 10 nitrogen and oxygen atoms in total. The molecule has 0 aliphatic carbocycles. The molecule has 2 N–H and O–H groups in total. The van der Waals surface area contributed by atoms with Crippen LogP contribution in [0, 0.1) is 0 Å². The molecule has 0 saturated carbocycles. The van der Waals surface area contributed by atoms with Crippen molar-refractivity contribution >= 4 is 36.3 Å². The van der Waals surface area contributed by atoms with Crippen LogP contribution in [0.1, 0.15) is 5.56 Å². The first-order valence-electron chi connectivity index (χ1n) is 10.6. The number of aliphatic carboxylic acids is 2.